The van der Waals surface area contributed by atoms with E-state index in [0.29, 0.717) is 5.57 Å². The van der Waals surface area contributed by atoms with Crippen LogP contribution in [0.1, 0.15) is 81.6 Å². The maximum absolute atomic E-state index is 12.8. The maximum atomic E-state index is 12.8. The van der Waals surface area contributed by atoms with Crippen molar-refractivity contribution >= 4 is 17.5 Å². The van der Waals surface area contributed by atoms with Gasteiger partial charge in [0.05, 0.1) is 0 Å². The summed E-state index contributed by atoms with van der Waals surface area (Å²) in [6.45, 7) is 18.5. The van der Waals surface area contributed by atoms with Crippen LogP contribution in [0.25, 0.3) is 0 Å². The van der Waals surface area contributed by atoms with Crippen LogP contribution < -0.4 is 0 Å². The van der Waals surface area contributed by atoms with Gasteiger partial charge in [-0.2, -0.15) is 0 Å². The van der Waals surface area contributed by atoms with Crippen LogP contribution in [-0.2, 0) is 6.42 Å². The lowest BCUT2D eigenvalue weighted by Gasteiger charge is -2.12. The number of unbranched alkanes of at least 4 members (excludes halogenated alkanes) is 2. The topological polar surface area (TPSA) is 17.1 Å². The number of benzene rings is 1. The van der Waals surface area contributed by atoms with E-state index in [2.05, 4.69) is 45.7 Å². The van der Waals surface area contributed by atoms with Crippen LogP contribution in [0.5, 0.6) is 0 Å². The number of thioether (sulfide) groups is 1. The third-order valence-electron chi connectivity index (χ3n) is 4.98. The highest BCUT2D eigenvalue weighted by Crippen LogP contribution is 2.29. The molecule has 0 heterocycles. The SMILES string of the molecule is C=C(CC)CCCCCC(=C)CSc1cc(CCC)ccc1C(=O)C(=C)/C=C\C. The fraction of sp³-hybridized carbons (Fsp3) is 0.444. The van der Waals surface area contributed by atoms with Gasteiger partial charge in [0, 0.05) is 21.8 Å². The molecule has 0 saturated heterocycles. The Kier molecular flexibility index (Phi) is 12.4. The normalized spacial score (nSPS) is 11.0. The monoisotopic (exact) mass is 410 g/mol. The molecule has 0 aliphatic rings. The predicted octanol–water partition coefficient (Wildman–Crippen LogP) is 8.52. The molecule has 1 aromatic rings. The lowest BCUT2D eigenvalue weighted by Crippen LogP contribution is -2.04. The quantitative estimate of drug-likeness (QED) is 0.0719. The fourth-order valence-electron chi connectivity index (χ4n) is 3.12. The second-order valence-electron chi connectivity index (χ2n) is 7.64. The molecule has 0 bridgehead atoms. The highest BCUT2D eigenvalue weighted by Gasteiger charge is 2.14. The molecule has 0 aliphatic heterocycles. The molecule has 0 N–H and O–H groups in total. The third kappa shape index (κ3) is 9.49. The number of rotatable bonds is 15. The summed E-state index contributed by atoms with van der Waals surface area (Å²) in [7, 11) is 0. The highest BCUT2D eigenvalue weighted by atomic mass is 32.2. The van der Waals surface area contributed by atoms with Gasteiger partial charge in [-0.1, -0.05) is 75.8 Å². The van der Waals surface area contributed by atoms with Gasteiger partial charge in [-0.25, -0.2) is 0 Å². The second-order valence-corrected chi connectivity index (χ2v) is 8.65. The van der Waals surface area contributed by atoms with Crippen molar-refractivity contribution in [1.29, 1.82) is 0 Å². The predicted molar refractivity (Wildman–Crippen MR) is 131 cm³/mol. The van der Waals surface area contributed by atoms with Crippen molar-refractivity contribution in [2.75, 3.05) is 5.75 Å². The molecule has 0 atom stereocenters. The van der Waals surface area contributed by atoms with E-state index < -0.39 is 0 Å². The first kappa shape index (κ1) is 25.2. The van der Waals surface area contributed by atoms with Crippen molar-refractivity contribution in [1.82, 2.24) is 0 Å². The molecule has 158 valence electrons. The number of aryl methyl sites for hydroxylation is 1. The largest absolute Gasteiger partial charge is 0.289 e. The van der Waals surface area contributed by atoms with Crippen LogP contribution in [0.2, 0.25) is 0 Å². The molecule has 2 heteroatoms. The zero-order chi connectivity index (χ0) is 21.6. The van der Waals surface area contributed by atoms with E-state index in [1.54, 1.807) is 17.8 Å². The van der Waals surface area contributed by atoms with Crippen molar-refractivity contribution in [3.05, 3.63) is 77.9 Å². The lowest BCUT2D eigenvalue weighted by atomic mass is 10.0. The molecule has 0 saturated carbocycles. The van der Waals surface area contributed by atoms with Crippen LogP contribution in [0, 0.1) is 0 Å². The zero-order valence-corrected chi connectivity index (χ0v) is 19.5. The Labute approximate surface area is 183 Å². The first-order chi connectivity index (χ1) is 13.9. The molecule has 0 fully saturated rings. The van der Waals surface area contributed by atoms with Gasteiger partial charge in [0.1, 0.15) is 0 Å². The molecule has 1 rings (SSSR count). The number of allylic oxidation sites excluding steroid dienone is 4. The van der Waals surface area contributed by atoms with E-state index >= 15 is 0 Å². The summed E-state index contributed by atoms with van der Waals surface area (Å²) in [4.78, 5) is 13.8. The Bertz CT molecular complexity index is 739. The molecule has 0 aromatic heterocycles. The summed E-state index contributed by atoms with van der Waals surface area (Å²) in [5.41, 5.74) is 5.16. The van der Waals surface area contributed by atoms with Gasteiger partial charge >= 0.3 is 0 Å². The van der Waals surface area contributed by atoms with E-state index in [1.807, 2.05) is 19.1 Å². The van der Waals surface area contributed by atoms with Gasteiger partial charge in [0.15, 0.2) is 5.78 Å². The van der Waals surface area contributed by atoms with Gasteiger partial charge in [0.2, 0.25) is 0 Å². The molecule has 1 aromatic carbocycles. The Morgan fingerprint density at radius 3 is 2.34 bits per heavy atom. The Balaban J connectivity index is 2.69. The van der Waals surface area contributed by atoms with E-state index in [9.17, 15) is 4.79 Å². The first-order valence-corrected chi connectivity index (χ1v) is 11.9. The number of ketones is 1. The molecule has 1 nitrogen and oxygen atoms in total. The van der Waals surface area contributed by atoms with Gasteiger partial charge in [-0.3, -0.25) is 4.79 Å². The lowest BCUT2D eigenvalue weighted by molar-refractivity contribution is 0.103. The smallest absolute Gasteiger partial charge is 0.193 e. The van der Waals surface area contributed by atoms with Crippen molar-refractivity contribution in [3.8, 4) is 0 Å². The van der Waals surface area contributed by atoms with E-state index in [4.69, 9.17) is 0 Å². The minimum Gasteiger partial charge on any atom is -0.289 e. The van der Waals surface area contributed by atoms with E-state index in [0.717, 1.165) is 48.3 Å². The summed E-state index contributed by atoms with van der Waals surface area (Å²) in [5.74, 6) is 0.864. The number of carbonyl (C=O) groups excluding carboxylic acids is 1. The highest BCUT2D eigenvalue weighted by molar-refractivity contribution is 7.99. The van der Waals surface area contributed by atoms with Crippen molar-refractivity contribution < 1.29 is 4.79 Å². The summed E-state index contributed by atoms with van der Waals surface area (Å²) in [6.07, 6.45) is 12.7. The van der Waals surface area contributed by atoms with E-state index in [1.165, 1.54) is 36.0 Å². The fourth-order valence-corrected chi connectivity index (χ4v) is 4.18. The molecule has 0 amide bonds. The third-order valence-corrected chi connectivity index (χ3v) is 6.18. The average molecular weight is 411 g/mol. The van der Waals surface area contributed by atoms with Gasteiger partial charge in [-0.15, -0.1) is 11.8 Å². The summed E-state index contributed by atoms with van der Waals surface area (Å²) in [6, 6.07) is 6.21. The Hall–Kier alpha value is -1.80. The second kappa shape index (κ2) is 14.2. The Morgan fingerprint density at radius 1 is 1.03 bits per heavy atom. The van der Waals surface area contributed by atoms with E-state index in [-0.39, 0.29) is 5.78 Å². The van der Waals surface area contributed by atoms with Crippen molar-refractivity contribution in [3.63, 3.8) is 0 Å². The van der Waals surface area contributed by atoms with Crippen LogP contribution >= 0.6 is 11.8 Å². The molecular formula is C27H38OS. The molecule has 0 aliphatic carbocycles. The first-order valence-electron chi connectivity index (χ1n) is 10.9. The average Bonchev–Trinajstić information content (AvgIpc) is 2.71. The van der Waals surface area contributed by atoms with Crippen LogP contribution in [0.3, 0.4) is 0 Å². The molecule has 0 spiro atoms. The minimum atomic E-state index is 0.00964. The van der Waals surface area contributed by atoms with Crippen LogP contribution in [-0.4, -0.2) is 11.5 Å². The van der Waals surface area contributed by atoms with Gasteiger partial charge in [-0.05, 0) is 63.1 Å². The van der Waals surface area contributed by atoms with Gasteiger partial charge < -0.3 is 0 Å². The summed E-state index contributed by atoms with van der Waals surface area (Å²) < 4.78 is 0. The van der Waals surface area contributed by atoms with Crippen molar-refractivity contribution in [2.24, 2.45) is 0 Å². The Morgan fingerprint density at radius 2 is 1.72 bits per heavy atom. The maximum Gasteiger partial charge on any atom is 0.193 e. The summed E-state index contributed by atoms with van der Waals surface area (Å²) in [5, 5.41) is 0. The van der Waals surface area contributed by atoms with Crippen LogP contribution in [0.4, 0.5) is 0 Å². The minimum absolute atomic E-state index is 0.00964. The number of carbonyl (C=O) groups is 1. The summed E-state index contributed by atoms with van der Waals surface area (Å²) >= 11 is 1.73. The van der Waals surface area contributed by atoms with Gasteiger partial charge in [0.25, 0.3) is 0 Å². The van der Waals surface area contributed by atoms with Crippen LogP contribution in [0.15, 0.2) is 71.7 Å². The standard InChI is InChI=1S/C27H38OS/c1-7-13-23(6)27(28)25-18-17-24(14-8-2)19-26(25)29-20-22(5)16-12-10-11-15-21(4)9-3/h7,13,17-19H,4-6,8-12,14-16,20H2,1-3H3/b13-7-. The number of hydrogen-bond acceptors (Lipinski definition) is 2. The molecule has 0 unspecified atom stereocenters. The molecule has 29 heavy (non-hydrogen) atoms. The zero-order valence-electron chi connectivity index (χ0n) is 18.7. The number of Topliss-reactive ketones (excluding diaryl/α,β-unsaturated/α-hetero) is 1. The number of hydrogen-bond donors (Lipinski definition) is 0. The van der Waals surface area contributed by atoms with Crippen molar-refractivity contribution in [2.45, 2.75) is 77.0 Å². The molecular weight excluding hydrogens is 372 g/mol. The molecule has 0 radical (unpaired) electrons.